The summed E-state index contributed by atoms with van der Waals surface area (Å²) in [7, 11) is 0. The molecule has 12 aromatic rings. The maximum atomic E-state index is 2.39. The highest BCUT2D eigenvalue weighted by atomic mass is 15.1. The lowest BCUT2D eigenvalue weighted by Crippen LogP contribution is -2.10. The van der Waals surface area contributed by atoms with Gasteiger partial charge in [0.25, 0.3) is 0 Å². The molecule has 0 aliphatic carbocycles. The molecule has 62 heavy (non-hydrogen) atoms. The number of benzene rings is 11. The van der Waals surface area contributed by atoms with Crippen molar-refractivity contribution in [2.24, 2.45) is 0 Å². The van der Waals surface area contributed by atoms with Gasteiger partial charge in [0.2, 0.25) is 0 Å². The van der Waals surface area contributed by atoms with Crippen LogP contribution in [0.3, 0.4) is 0 Å². The SMILES string of the molecule is c1ccc(-n2c3ccccc3c3c(-c4cccc(-c5cccc(N(c6ccc(-c7ccc8c(ccc9ccccc98)c7)cc6)c6ccc7ccccc7c6)c5)c4)cccc32)cc1. The Morgan fingerprint density at radius 3 is 1.73 bits per heavy atom. The Kier molecular flexibility index (Phi) is 8.53. The van der Waals surface area contributed by atoms with E-state index in [2.05, 4.69) is 252 Å². The predicted octanol–water partition coefficient (Wildman–Crippen LogP) is 16.7. The monoisotopic (exact) mass is 788 g/mol. The van der Waals surface area contributed by atoms with Crippen molar-refractivity contribution < 1.29 is 0 Å². The fourth-order valence-corrected chi connectivity index (χ4v) is 9.56. The molecule has 0 atom stereocenters. The van der Waals surface area contributed by atoms with Crippen molar-refractivity contribution in [2.75, 3.05) is 4.90 Å². The summed E-state index contributed by atoms with van der Waals surface area (Å²) in [6.45, 7) is 0. The number of fused-ring (bicyclic) bond motifs is 7. The number of hydrogen-bond donors (Lipinski definition) is 0. The Labute approximate surface area is 360 Å². The largest absolute Gasteiger partial charge is 0.310 e. The lowest BCUT2D eigenvalue weighted by Gasteiger charge is -2.26. The summed E-state index contributed by atoms with van der Waals surface area (Å²) < 4.78 is 2.39. The second-order valence-electron chi connectivity index (χ2n) is 16.2. The molecule has 0 aliphatic heterocycles. The molecule has 0 saturated heterocycles. The van der Waals surface area contributed by atoms with Crippen molar-refractivity contribution in [3.8, 4) is 39.1 Å². The highest BCUT2D eigenvalue weighted by Crippen LogP contribution is 2.42. The molecule has 0 bridgehead atoms. The number of anilines is 3. The summed E-state index contributed by atoms with van der Waals surface area (Å²) in [5.74, 6) is 0. The summed E-state index contributed by atoms with van der Waals surface area (Å²) in [5.41, 5.74) is 14.0. The fraction of sp³-hybridized carbons (Fsp3) is 0. The van der Waals surface area contributed by atoms with E-state index < -0.39 is 0 Å². The lowest BCUT2D eigenvalue weighted by molar-refractivity contribution is 1.18. The Morgan fingerprint density at radius 1 is 0.274 bits per heavy atom. The molecule has 0 spiro atoms. The van der Waals surface area contributed by atoms with E-state index in [9.17, 15) is 0 Å². The van der Waals surface area contributed by atoms with Gasteiger partial charge < -0.3 is 9.47 Å². The maximum absolute atomic E-state index is 2.39. The van der Waals surface area contributed by atoms with Crippen LogP contribution in [0.25, 0.3) is 93.2 Å². The first-order valence-corrected chi connectivity index (χ1v) is 21.3. The van der Waals surface area contributed by atoms with Crippen molar-refractivity contribution in [3.05, 3.63) is 243 Å². The average molecular weight is 789 g/mol. The molecule has 2 heteroatoms. The average Bonchev–Trinajstić information content (AvgIpc) is 3.69. The van der Waals surface area contributed by atoms with E-state index >= 15 is 0 Å². The Balaban J connectivity index is 0.947. The molecule has 2 nitrogen and oxygen atoms in total. The second kappa shape index (κ2) is 14.8. The zero-order valence-electron chi connectivity index (χ0n) is 34.0. The summed E-state index contributed by atoms with van der Waals surface area (Å²) >= 11 is 0. The van der Waals surface area contributed by atoms with Gasteiger partial charge in [0, 0.05) is 33.5 Å². The third-order valence-corrected chi connectivity index (χ3v) is 12.5. The van der Waals surface area contributed by atoms with Crippen molar-refractivity contribution >= 4 is 71.2 Å². The quantitative estimate of drug-likeness (QED) is 0.146. The van der Waals surface area contributed by atoms with Gasteiger partial charge in [0.1, 0.15) is 0 Å². The molecule has 0 aliphatic rings. The Hall–Kier alpha value is -8.20. The molecular formula is C60H40N2. The van der Waals surface area contributed by atoms with Crippen LogP contribution in [0.15, 0.2) is 243 Å². The molecule has 0 N–H and O–H groups in total. The molecule has 0 amide bonds. The zero-order valence-corrected chi connectivity index (χ0v) is 34.0. The van der Waals surface area contributed by atoms with Gasteiger partial charge in [-0.1, -0.05) is 170 Å². The summed E-state index contributed by atoms with van der Waals surface area (Å²) in [6.07, 6.45) is 0. The molecule has 0 saturated carbocycles. The topological polar surface area (TPSA) is 8.17 Å². The standard InChI is InChI=1S/C60H40N2/c1-2-19-50(20-3-1)62-58-25-9-8-23-57(58)60-56(24-12-26-59(60)62)48-18-10-16-44(37-48)46-17-11-21-52(40-46)61(53-35-31-41-13-4-5-15-45(41)39-53)51-33-29-42(30-34-51)47-32-36-55-49(38-47)28-27-43-14-6-7-22-54(43)55/h1-40H. The van der Waals surface area contributed by atoms with E-state index in [1.54, 1.807) is 0 Å². The van der Waals surface area contributed by atoms with Crippen LogP contribution in [-0.4, -0.2) is 4.57 Å². The molecule has 12 rings (SSSR count). The molecule has 0 radical (unpaired) electrons. The van der Waals surface area contributed by atoms with Crippen LogP contribution >= 0.6 is 0 Å². The molecule has 0 fully saturated rings. The molecule has 0 unspecified atom stereocenters. The highest BCUT2D eigenvalue weighted by Gasteiger charge is 2.18. The van der Waals surface area contributed by atoms with E-state index in [1.165, 1.54) is 81.9 Å². The van der Waals surface area contributed by atoms with Crippen molar-refractivity contribution in [1.29, 1.82) is 0 Å². The van der Waals surface area contributed by atoms with Crippen LogP contribution in [-0.2, 0) is 0 Å². The summed E-state index contributed by atoms with van der Waals surface area (Å²) in [6, 6.07) is 88.5. The van der Waals surface area contributed by atoms with Gasteiger partial charge >= 0.3 is 0 Å². The van der Waals surface area contributed by atoms with E-state index in [4.69, 9.17) is 0 Å². The molecular weight excluding hydrogens is 749 g/mol. The predicted molar refractivity (Wildman–Crippen MR) is 264 cm³/mol. The highest BCUT2D eigenvalue weighted by molar-refractivity contribution is 6.16. The van der Waals surface area contributed by atoms with Gasteiger partial charge in [0.05, 0.1) is 11.0 Å². The lowest BCUT2D eigenvalue weighted by atomic mass is 9.95. The third-order valence-electron chi connectivity index (χ3n) is 12.5. The van der Waals surface area contributed by atoms with E-state index in [0.717, 1.165) is 28.3 Å². The number of para-hydroxylation sites is 2. The van der Waals surface area contributed by atoms with Crippen molar-refractivity contribution in [3.63, 3.8) is 0 Å². The Bertz CT molecular complexity index is 3640. The normalized spacial score (nSPS) is 11.5. The van der Waals surface area contributed by atoms with Gasteiger partial charge in [-0.3, -0.25) is 0 Å². The molecule has 290 valence electrons. The second-order valence-corrected chi connectivity index (χ2v) is 16.2. The first-order valence-electron chi connectivity index (χ1n) is 21.3. The van der Waals surface area contributed by atoms with Gasteiger partial charge in [-0.2, -0.15) is 0 Å². The molecule has 11 aromatic carbocycles. The van der Waals surface area contributed by atoms with Crippen LogP contribution in [0.1, 0.15) is 0 Å². The maximum Gasteiger partial charge on any atom is 0.0547 e. The molecule has 1 heterocycles. The number of aromatic nitrogens is 1. The van der Waals surface area contributed by atoms with Crippen molar-refractivity contribution in [1.82, 2.24) is 4.57 Å². The van der Waals surface area contributed by atoms with E-state index in [1.807, 2.05) is 0 Å². The van der Waals surface area contributed by atoms with Gasteiger partial charge in [-0.05, 0) is 138 Å². The smallest absolute Gasteiger partial charge is 0.0547 e. The van der Waals surface area contributed by atoms with Gasteiger partial charge in [0.15, 0.2) is 0 Å². The van der Waals surface area contributed by atoms with Gasteiger partial charge in [-0.15, -0.1) is 0 Å². The third kappa shape index (κ3) is 6.12. The number of nitrogens with zero attached hydrogens (tertiary/aromatic N) is 2. The summed E-state index contributed by atoms with van der Waals surface area (Å²) in [5, 5.41) is 10.0. The minimum atomic E-state index is 1.10. The minimum Gasteiger partial charge on any atom is -0.310 e. The first kappa shape index (κ1) is 35.7. The van der Waals surface area contributed by atoms with Crippen LogP contribution in [0.5, 0.6) is 0 Å². The minimum absolute atomic E-state index is 1.10. The zero-order chi connectivity index (χ0) is 41.0. The number of hydrogen-bond acceptors (Lipinski definition) is 1. The van der Waals surface area contributed by atoms with Crippen LogP contribution in [0.4, 0.5) is 17.1 Å². The molecule has 1 aromatic heterocycles. The van der Waals surface area contributed by atoms with Crippen molar-refractivity contribution in [2.45, 2.75) is 0 Å². The van der Waals surface area contributed by atoms with Crippen LogP contribution < -0.4 is 4.90 Å². The van der Waals surface area contributed by atoms with Gasteiger partial charge in [-0.25, -0.2) is 0 Å². The number of rotatable bonds is 7. The van der Waals surface area contributed by atoms with Crippen LogP contribution in [0, 0.1) is 0 Å². The van der Waals surface area contributed by atoms with Crippen LogP contribution in [0.2, 0.25) is 0 Å². The first-order chi connectivity index (χ1) is 30.7. The fourth-order valence-electron chi connectivity index (χ4n) is 9.56. The van der Waals surface area contributed by atoms with E-state index in [0.29, 0.717) is 0 Å². The van der Waals surface area contributed by atoms with E-state index in [-0.39, 0.29) is 0 Å². The Morgan fingerprint density at radius 2 is 0.855 bits per heavy atom. The summed E-state index contributed by atoms with van der Waals surface area (Å²) in [4.78, 5) is 2.38.